The van der Waals surface area contributed by atoms with Gasteiger partial charge < -0.3 is 5.32 Å². The number of benzene rings is 1. The fourth-order valence-electron chi connectivity index (χ4n) is 2.88. The first-order valence-corrected chi connectivity index (χ1v) is 8.74. The van der Waals surface area contributed by atoms with Gasteiger partial charge in [0, 0.05) is 32.7 Å². The lowest BCUT2D eigenvalue weighted by Crippen LogP contribution is -2.42. The average molecular weight is 377 g/mol. The molecule has 1 aliphatic rings. The molecule has 0 atom stereocenters. The van der Waals surface area contributed by atoms with Gasteiger partial charge in [0.1, 0.15) is 11.5 Å². The Kier molecular flexibility index (Phi) is 4.91. The first kappa shape index (κ1) is 17.1. The van der Waals surface area contributed by atoms with Crippen molar-refractivity contribution in [2.24, 2.45) is 0 Å². The zero-order valence-corrected chi connectivity index (χ0v) is 14.8. The van der Waals surface area contributed by atoms with Crippen molar-refractivity contribution < 1.29 is 4.39 Å². The van der Waals surface area contributed by atoms with Gasteiger partial charge >= 0.3 is 0 Å². The van der Waals surface area contributed by atoms with Gasteiger partial charge in [-0.05, 0) is 18.2 Å². The highest BCUT2D eigenvalue weighted by Gasteiger charge is 2.13. The SMILES string of the molecule is Fc1ccc(-n2cc(Cn3cc(CN4CCNCC4)nn3)nn2)cc1Cl. The van der Waals surface area contributed by atoms with E-state index >= 15 is 0 Å². The Morgan fingerprint density at radius 3 is 2.62 bits per heavy atom. The maximum Gasteiger partial charge on any atom is 0.141 e. The van der Waals surface area contributed by atoms with Crippen LogP contribution in [0.5, 0.6) is 0 Å². The molecule has 1 aliphatic heterocycles. The molecule has 3 heterocycles. The van der Waals surface area contributed by atoms with Gasteiger partial charge in [-0.15, -0.1) is 10.2 Å². The molecule has 1 aromatic carbocycles. The smallest absolute Gasteiger partial charge is 0.141 e. The summed E-state index contributed by atoms with van der Waals surface area (Å²) in [5.41, 5.74) is 2.31. The van der Waals surface area contributed by atoms with Gasteiger partial charge in [-0.2, -0.15) is 0 Å². The van der Waals surface area contributed by atoms with E-state index in [1.165, 1.54) is 12.1 Å². The minimum atomic E-state index is -0.463. The van der Waals surface area contributed by atoms with E-state index in [1.807, 2.05) is 6.20 Å². The van der Waals surface area contributed by atoms with Crippen LogP contribution in [-0.4, -0.2) is 61.1 Å². The quantitative estimate of drug-likeness (QED) is 0.718. The molecule has 2 aromatic heterocycles. The molecule has 26 heavy (non-hydrogen) atoms. The van der Waals surface area contributed by atoms with E-state index in [4.69, 9.17) is 11.6 Å². The highest BCUT2D eigenvalue weighted by atomic mass is 35.5. The molecule has 0 amide bonds. The van der Waals surface area contributed by atoms with Crippen molar-refractivity contribution in [1.82, 2.24) is 40.2 Å². The van der Waals surface area contributed by atoms with Crippen molar-refractivity contribution in [2.75, 3.05) is 26.2 Å². The Morgan fingerprint density at radius 2 is 1.81 bits per heavy atom. The maximum atomic E-state index is 13.3. The van der Waals surface area contributed by atoms with Crippen LogP contribution in [0.25, 0.3) is 5.69 Å². The third kappa shape index (κ3) is 3.90. The first-order chi connectivity index (χ1) is 12.7. The molecule has 8 nitrogen and oxygen atoms in total. The molecule has 136 valence electrons. The fraction of sp³-hybridized carbons (Fsp3) is 0.375. The van der Waals surface area contributed by atoms with Crippen LogP contribution in [0.15, 0.2) is 30.6 Å². The lowest BCUT2D eigenvalue weighted by atomic mass is 10.3. The molecule has 10 heteroatoms. The standard InChI is InChI=1S/C16H18ClFN8/c17-15-7-14(1-2-16(15)18)26-11-13(21-23-26)10-25-9-12(20-22-25)8-24-5-3-19-4-6-24/h1-2,7,9,11,19H,3-6,8,10H2. The zero-order valence-electron chi connectivity index (χ0n) is 14.0. The van der Waals surface area contributed by atoms with Gasteiger partial charge in [-0.3, -0.25) is 4.90 Å². The van der Waals surface area contributed by atoms with Gasteiger partial charge in [0.2, 0.25) is 0 Å². The molecule has 0 radical (unpaired) electrons. The lowest BCUT2D eigenvalue weighted by Gasteiger charge is -2.25. The van der Waals surface area contributed by atoms with Crippen molar-refractivity contribution >= 4 is 11.6 Å². The molecule has 0 saturated carbocycles. The summed E-state index contributed by atoms with van der Waals surface area (Å²) >= 11 is 5.82. The monoisotopic (exact) mass is 376 g/mol. The minimum Gasteiger partial charge on any atom is -0.314 e. The third-order valence-corrected chi connectivity index (χ3v) is 4.50. The fourth-order valence-corrected chi connectivity index (χ4v) is 3.05. The topological polar surface area (TPSA) is 76.7 Å². The van der Waals surface area contributed by atoms with E-state index < -0.39 is 5.82 Å². The summed E-state index contributed by atoms with van der Waals surface area (Å²) in [4.78, 5) is 2.35. The van der Waals surface area contributed by atoms with E-state index in [2.05, 4.69) is 30.8 Å². The summed E-state index contributed by atoms with van der Waals surface area (Å²) in [5, 5.41) is 20.0. The number of hydrogen-bond donors (Lipinski definition) is 1. The van der Waals surface area contributed by atoms with Gasteiger partial charge in [0.25, 0.3) is 0 Å². The highest BCUT2D eigenvalue weighted by Crippen LogP contribution is 2.18. The van der Waals surface area contributed by atoms with Crippen molar-refractivity contribution in [3.8, 4) is 5.69 Å². The summed E-state index contributed by atoms with van der Waals surface area (Å²) in [6.45, 7) is 5.30. The number of piperazine rings is 1. The van der Waals surface area contributed by atoms with E-state index in [1.54, 1.807) is 21.6 Å². The van der Waals surface area contributed by atoms with Crippen LogP contribution in [0, 0.1) is 5.82 Å². The Labute approximate surface area is 154 Å². The molecule has 0 bridgehead atoms. The van der Waals surface area contributed by atoms with Crippen molar-refractivity contribution in [1.29, 1.82) is 0 Å². The van der Waals surface area contributed by atoms with Crippen molar-refractivity contribution in [2.45, 2.75) is 13.1 Å². The second kappa shape index (κ2) is 7.48. The molecule has 0 unspecified atom stereocenters. The summed E-state index contributed by atoms with van der Waals surface area (Å²) < 4.78 is 16.6. The Hall–Kier alpha value is -2.36. The molecular formula is C16H18ClFN8. The Balaban J connectivity index is 1.41. The van der Waals surface area contributed by atoms with Crippen LogP contribution in [-0.2, 0) is 13.1 Å². The highest BCUT2D eigenvalue weighted by molar-refractivity contribution is 6.30. The van der Waals surface area contributed by atoms with E-state index in [9.17, 15) is 4.39 Å². The molecule has 1 saturated heterocycles. The molecule has 3 aromatic rings. The number of rotatable bonds is 5. The van der Waals surface area contributed by atoms with Crippen LogP contribution < -0.4 is 5.32 Å². The van der Waals surface area contributed by atoms with Gasteiger partial charge in [0.15, 0.2) is 0 Å². The summed E-state index contributed by atoms with van der Waals surface area (Å²) in [7, 11) is 0. The predicted octanol–water partition coefficient (Wildman–Crippen LogP) is 1.10. The molecule has 1 N–H and O–H groups in total. The summed E-state index contributed by atoms with van der Waals surface area (Å²) in [6, 6.07) is 4.41. The van der Waals surface area contributed by atoms with Gasteiger partial charge in [-0.25, -0.2) is 13.8 Å². The molecule has 1 fully saturated rings. The Bertz CT molecular complexity index is 886. The van der Waals surface area contributed by atoms with Gasteiger partial charge in [-0.1, -0.05) is 22.0 Å². The maximum absolute atomic E-state index is 13.3. The molecule has 0 aliphatic carbocycles. The molecule has 4 rings (SSSR count). The normalized spacial score (nSPS) is 15.5. The van der Waals surface area contributed by atoms with Crippen molar-refractivity contribution in [3.05, 3.63) is 52.8 Å². The first-order valence-electron chi connectivity index (χ1n) is 8.36. The second-order valence-electron chi connectivity index (χ2n) is 6.19. The number of aromatic nitrogens is 6. The van der Waals surface area contributed by atoms with E-state index in [0.717, 1.165) is 44.1 Å². The van der Waals surface area contributed by atoms with E-state index in [0.29, 0.717) is 12.2 Å². The minimum absolute atomic E-state index is 0.0494. The van der Waals surface area contributed by atoms with Crippen molar-refractivity contribution in [3.63, 3.8) is 0 Å². The third-order valence-electron chi connectivity index (χ3n) is 4.21. The van der Waals surface area contributed by atoms with Crippen LogP contribution in [0.2, 0.25) is 5.02 Å². The number of nitrogens with zero attached hydrogens (tertiary/aromatic N) is 7. The summed E-state index contributed by atoms with van der Waals surface area (Å²) in [5.74, 6) is -0.463. The summed E-state index contributed by atoms with van der Waals surface area (Å²) in [6.07, 6.45) is 3.69. The van der Waals surface area contributed by atoms with E-state index in [-0.39, 0.29) is 5.02 Å². The predicted molar refractivity (Wildman–Crippen MR) is 93.6 cm³/mol. The van der Waals surface area contributed by atoms with Crippen LogP contribution in [0.1, 0.15) is 11.4 Å². The average Bonchev–Trinajstić information content (AvgIpc) is 3.28. The van der Waals surface area contributed by atoms with Crippen LogP contribution in [0.3, 0.4) is 0 Å². The largest absolute Gasteiger partial charge is 0.314 e. The number of hydrogen-bond acceptors (Lipinski definition) is 6. The molecular weight excluding hydrogens is 359 g/mol. The zero-order chi connectivity index (χ0) is 17.9. The lowest BCUT2D eigenvalue weighted by molar-refractivity contribution is 0.230. The number of halogens is 2. The second-order valence-corrected chi connectivity index (χ2v) is 6.59. The molecule has 0 spiro atoms. The van der Waals surface area contributed by atoms with Crippen LogP contribution in [0.4, 0.5) is 4.39 Å². The Morgan fingerprint density at radius 1 is 1.04 bits per heavy atom. The number of nitrogens with one attached hydrogen (secondary N) is 1. The van der Waals surface area contributed by atoms with Crippen LogP contribution >= 0.6 is 11.6 Å². The van der Waals surface area contributed by atoms with Gasteiger partial charge in [0.05, 0.1) is 35.3 Å².